The first-order valence-corrected chi connectivity index (χ1v) is 18.2. The number of fused-ring (bicyclic) bond motifs is 5. The molecule has 44 heavy (non-hydrogen) atoms. The summed E-state index contributed by atoms with van der Waals surface area (Å²) in [7, 11) is 0. The summed E-state index contributed by atoms with van der Waals surface area (Å²) >= 11 is 8.14. The van der Waals surface area contributed by atoms with Crippen molar-refractivity contribution in [2.24, 2.45) is 0 Å². The van der Waals surface area contributed by atoms with E-state index in [4.69, 9.17) is 39.0 Å². The van der Waals surface area contributed by atoms with Gasteiger partial charge in [0.15, 0.2) is 35.0 Å². The number of thiol groups is 2. The summed E-state index contributed by atoms with van der Waals surface area (Å²) < 4.78 is 79.5. The molecular formula is C20H23FN10O9P2S2. The predicted molar refractivity (Wildman–Crippen MR) is 154 cm³/mol. The molecule has 19 nitrogen and oxygen atoms in total. The summed E-state index contributed by atoms with van der Waals surface area (Å²) in [5.74, 6) is -0.0784. The molecule has 2 bridgehead atoms. The Morgan fingerprint density at radius 3 is 2.41 bits per heavy atom. The maximum absolute atomic E-state index is 15.8. The van der Waals surface area contributed by atoms with Crippen molar-refractivity contribution < 1.29 is 41.1 Å². The van der Waals surface area contributed by atoms with Crippen LogP contribution in [0.25, 0.3) is 22.3 Å². The first-order chi connectivity index (χ1) is 20.9. The Bertz CT molecular complexity index is 1910. The number of aromatic amines is 1. The lowest BCUT2D eigenvalue weighted by atomic mass is 10.1. The Morgan fingerprint density at radius 2 is 1.61 bits per heavy atom. The van der Waals surface area contributed by atoms with Gasteiger partial charge in [-0.05, 0) is 0 Å². The molecule has 5 N–H and O–H groups in total. The van der Waals surface area contributed by atoms with Crippen LogP contribution in [-0.4, -0.2) is 82.8 Å². The highest BCUT2D eigenvalue weighted by molar-refractivity contribution is 8.44. The van der Waals surface area contributed by atoms with Gasteiger partial charge in [-0.3, -0.25) is 37.0 Å². The van der Waals surface area contributed by atoms with Crippen LogP contribution in [0.1, 0.15) is 18.9 Å². The molecule has 0 amide bonds. The summed E-state index contributed by atoms with van der Waals surface area (Å²) in [6.45, 7) is -9.62. The number of H-pyrrole nitrogens is 1. The standard InChI is InChI=1S/C20H23FN10O9P2S2/c21-11-9-3-36-41(33,43)39-7-1-10(30-5-26-12-15(22)24-4-25-16(12)30)37-8(7)2-35-42(34,44)40-14(11)19(38-9)31-6-27-13-17(31)28-20(23)29-18(13)32/h4-11,14,19H,1-3H2,(H,33,43)(H,34,44)(H2,22,24,25)(H3,23,28,29,32)/t7-,8+,9+,10+,11+,14+,19+,41-,42+/m0/s1. The van der Waals surface area contributed by atoms with Gasteiger partial charge < -0.3 is 20.9 Å². The molecule has 7 heterocycles. The highest BCUT2D eigenvalue weighted by atomic mass is 32.7. The third-order valence-corrected chi connectivity index (χ3v) is 10.5. The van der Waals surface area contributed by atoms with Gasteiger partial charge in [0.1, 0.15) is 42.5 Å². The van der Waals surface area contributed by atoms with Crippen LogP contribution in [0.2, 0.25) is 0 Å². The second kappa shape index (κ2) is 11.0. The minimum atomic E-state index is -4.35. The van der Waals surface area contributed by atoms with Crippen LogP contribution >= 0.6 is 38.1 Å². The number of nitrogens with zero attached hydrogens (tertiary/aromatic N) is 7. The molecule has 3 aliphatic rings. The van der Waals surface area contributed by atoms with Gasteiger partial charge in [0.05, 0.1) is 25.9 Å². The van der Waals surface area contributed by atoms with E-state index in [2.05, 4.69) is 54.4 Å². The van der Waals surface area contributed by atoms with Gasteiger partial charge in [-0.25, -0.2) is 33.5 Å². The number of imidazole rings is 2. The van der Waals surface area contributed by atoms with Crippen molar-refractivity contribution in [3.8, 4) is 0 Å². The summed E-state index contributed by atoms with van der Waals surface area (Å²) in [6, 6.07) is 0. The van der Waals surface area contributed by atoms with Gasteiger partial charge in [0.2, 0.25) is 5.95 Å². The fourth-order valence-corrected chi connectivity index (χ4v) is 8.20. The molecule has 4 aromatic rings. The molecule has 4 aromatic heterocycles. The van der Waals surface area contributed by atoms with E-state index in [0.717, 1.165) is 6.33 Å². The normalized spacial score (nSPS) is 36.6. The van der Waals surface area contributed by atoms with Crippen molar-refractivity contribution in [2.45, 2.75) is 49.5 Å². The number of alkyl halides is 1. The van der Waals surface area contributed by atoms with Crippen LogP contribution in [0.3, 0.4) is 0 Å². The van der Waals surface area contributed by atoms with Crippen molar-refractivity contribution in [3.63, 3.8) is 0 Å². The Morgan fingerprint density at radius 1 is 0.909 bits per heavy atom. The molecule has 3 saturated heterocycles. The Balaban J connectivity index is 1.19. The fraction of sp³-hybridized carbons (Fsp3) is 0.500. The lowest BCUT2D eigenvalue weighted by Crippen LogP contribution is -2.32. The van der Waals surface area contributed by atoms with Gasteiger partial charge in [-0.15, -0.1) is 0 Å². The van der Waals surface area contributed by atoms with Crippen LogP contribution in [-0.2, 0) is 36.7 Å². The molecule has 0 unspecified atom stereocenters. The van der Waals surface area contributed by atoms with Crippen molar-refractivity contribution in [3.05, 3.63) is 29.3 Å². The number of halogens is 1. The quantitative estimate of drug-likeness (QED) is 0.148. The second-order valence-electron chi connectivity index (χ2n) is 9.98. The summed E-state index contributed by atoms with van der Waals surface area (Å²) in [5, 5.41) is 0. The first kappa shape index (κ1) is 30.0. The number of nitrogen functional groups attached to an aromatic ring is 2. The van der Waals surface area contributed by atoms with Crippen LogP contribution < -0.4 is 17.0 Å². The summed E-state index contributed by atoms with van der Waals surface area (Å²) in [5.41, 5.74) is 11.4. The zero-order chi connectivity index (χ0) is 31.0. The number of nitrogens with one attached hydrogen (secondary N) is 1. The highest BCUT2D eigenvalue weighted by Crippen LogP contribution is 2.60. The number of hydrogen-bond donors (Lipinski definition) is 5. The number of rotatable bonds is 2. The van der Waals surface area contributed by atoms with Gasteiger partial charge in [0, 0.05) is 6.42 Å². The zero-order valence-electron chi connectivity index (χ0n) is 22.0. The molecule has 0 radical (unpaired) electrons. The molecule has 0 aliphatic carbocycles. The Hall–Kier alpha value is -2.65. The van der Waals surface area contributed by atoms with Crippen LogP contribution in [0.15, 0.2) is 23.8 Å². The maximum Gasteiger partial charge on any atom is 0.386 e. The third-order valence-electron chi connectivity index (χ3n) is 7.19. The van der Waals surface area contributed by atoms with E-state index in [9.17, 15) is 13.9 Å². The molecule has 7 rings (SSSR count). The van der Waals surface area contributed by atoms with E-state index in [0.29, 0.717) is 11.2 Å². The number of anilines is 2. The monoisotopic (exact) mass is 692 g/mol. The lowest BCUT2D eigenvalue weighted by Gasteiger charge is -2.26. The molecular weight excluding hydrogens is 669 g/mol. The number of ether oxygens (including phenoxy) is 2. The third kappa shape index (κ3) is 5.42. The van der Waals surface area contributed by atoms with Gasteiger partial charge in [-0.1, -0.05) is 24.5 Å². The van der Waals surface area contributed by atoms with E-state index in [1.54, 1.807) is 4.57 Å². The van der Waals surface area contributed by atoms with Gasteiger partial charge in [0.25, 0.3) is 5.56 Å². The molecule has 0 saturated carbocycles. The van der Waals surface area contributed by atoms with Gasteiger partial charge in [-0.2, -0.15) is 4.98 Å². The molecule has 236 valence electrons. The molecule has 3 aliphatic heterocycles. The molecule has 0 aromatic carbocycles. The Kier molecular flexibility index (Phi) is 7.51. The highest BCUT2D eigenvalue weighted by Gasteiger charge is 2.52. The summed E-state index contributed by atoms with van der Waals surface area (Å²) in [4.78, 5) is 35.0. The lowest BCUT2D eigenvalue weighted by molar-refractivity contribution is -0.0560. The van der Waals surface area contributed by atoms with Crippen LogP contribution in [0.5, 0.6) is 0 Å². The number of nitrogens with two attached hydrogens (primary N) is 2. The van der Waals surface area contributed by atoms with Gasteiger partial charge >= 0.3 is 13.6 Å². The molecule has 9 atom stereocenters. The van der Waals surface area contributed by atoms with Crippen molar-refractivity contribution in [1.29, 1.82) is 0 Å². The van der Waals surface area contributed by atoms with Crippen LogP contribution in [0, 0.1) is 0 Å². The Labute approximate surface area is 255 Å². The average Bonchev–Trinajstić information content (AvgIpc) is 3.72. The van der Waals surface area contributed by atoms with E-state index >= 15 is 4.39 Å². The zero-order valence-corrected chi connectivity index (χ0v) is 25.6. The van der Waals surface area contributed by atoms with E-state index in [1.165, 1.54) is 17.2 Å². The predicted octanol–water partition coefficient (Wildman–Crippen LogP) is 1.54. The first-order valence-electron chi connectivity index (χ1n) is 12.8. The topological polar surface area (TPSA) is 249 Å². The van der Waals surface area contributed by atoms with Crippen molar-refractivity contribution in [2.75, 3.05) is 24.7 Å². The van der Waals surface area contributed by atoms with E-state index in [1.807, 2.05) is 0 Å². The summed E-state index contributed by atoms with van der Waals surface area (Å²) in [6.07, 6.45) is -5.35. The minimum absolute atomic E-state index is 0.0647. The smallest absolute Gasteiger partial charge is 0.382 e. The molecule has 3 fully saturated rings. The second-order valence-corrected chi connectivity index (χ2v) is 15.7. The number of hydrogen-bond acceptors (Lipinski definition) is 16. The van der Waals surface area contributed by atoms with E-state index in [-0.39, 0.29) is 29.4 Å². The molecule has 24 heteroatoms. The van der Waals surface area contributed by atoms with E-state index < -0.39 is 75.4 Å². The number of aromatic nitrogens is 8. The maximum atomic E-state index is 15.8. The largest absolute Gasteiger partial charge is 0.386 e. The fourth-order valence-electron chi connectivity index (χ4n) is 5.23. The van der Waals surface area contributed by atoms with Crippen molar-refractivity contribution in [1.82, 2.24) is 39.0 Å². The van der Waals surface area contributed by atoms with Crippen LogP contribution in [0.4, 0.5) is 16.2 Å². The van der Waals surface area contributed by atoms with Crippen molar-refractivity contribution >= 4 is 72.2 Å². The minimum Gasteiger partial charge on any atom is -0.382 e. The average molecular weight is 693 g/mol. The molecule has 0 spiro atoms. The SMILES string of the molecule is Nc1nc2c(ncn2[C@@H]2O[C@@H]3CO[P@](=O)(S)O[C@H]4C[C@H](n5cnc6c(N)ncnc65)O[C@@H]4CO[P@@](=O)(S)O[C@@H]2[C@@H]3F)c(=O)[nH]1.